The quantitative estimate of drug-likeness (QED) is 0.766. The van der Waals surface area contributed by atoms with Crippen LogP contribution in [-0.2, 0) is 6.54 Å². The number of hydrogen-bond donors (Lipinski definition) is 0. The lowest BCUT2D eigenvalue weighted by Gasteiger charge is -2.35. The van der Waals surface area contributed by atoms with E-state index >= 15 is 0 Å². The normalized spacial score (nSPS) is 18.2. The molecule has 5 nitrogen and oxygen atoms in total. The van der Waals surface area contributed by atoms with Crippen LogP contribution < -0.4 is 0 Å². The summed E-state index contributed by atoms with van der Waals surface area (Å²) in [6.07, 6.45) is 0. The van der Waals surface area contributed by atoms with E-state index in [0.29, 0.717) is 17.7 Å². The first-order chi connectivity index (χ1) is 13.1. The van der Waals surface area contributed by atoms with E-state index in [4.69, 9.17) is 0 Å². The molecule has 0 aliphatic carbocycles. The summed E-state index contributed by atoms with van der Waals surface area (Å²) in [7, 11) is 0. The fourth-order valence-electron chi connectivity index (χ4n) is 3.88. The van der Waals surface area contributed by atoms with Crippen LogP contribution in [0.15, 0.2) is 48.5 Å². The number of rotatable bonds is 5. The Morgan fingerprint density at radius 2 is 1.30 bits per heavy atom. The second-order valence-electron chi connectivity index (χ2n) is 7.35. The van der Waals surface area contributed by atoms with Crippen molar-refractivity contribution in [3.05, 3.63) is 70.8 Å². The zero-order valence-corrected chi connectivity index (χ0v) is 15.7. The van der Waals surface area contributed by atoms with Crippen LogP contribution in [-0.4, -0.2) is 65.8 Å². The molecule has 5 heteroatoms. The Labute approximate surface area is 160 Å². The van der Waals surface area contributed by atoms with Gasteiger partial charge >= 0.3 is 0 Å². The van der Waals surface area contributed by atoms with Gasteiger partial charge in [0.15, 0.2) is 0 Å². The molecule has 0 unspecified atom stereocenters. The van der Waals surface area contributed by atoms with Gasteiger partial charge in [-0.05, 0) is 30.2 Å². The van der Waals surface area contributed by atoms with Crippen molar-refractivity contribution in [1.29, 1.82) is 0 Å². The summed E-state index contributed by atoms with van der Waals surface area (Å²) in [6.45, 7) is 8.30. The molecule has 0 aromatic heterocycles. The van der Waals surface area contributed by atoms with Gasteiger partial charge in [0, 0.05) is 45.8 Å². The Morgan fingerprint density at radius 1 is 0.741 bits per heavy atom. The summed E-state index contributed by atoms with van der Waals surface area (Å²) < 4.78 is 0. The van der Waals surface area contributed by atoms with Gasteiger partial charge in [-0.25, -0.2) is 0 Å². The highest BCUT2D eigenvalue weighted by atomic mass is 16.2. The predicted octanol–water partition coefficient (Wildman–Crippen LogP) is 2.41. The molecule has 0 spiro atoms. The SMILES string of the molecule is Cc1ccccc1CN1CCN(CCN2C(=O)c3ccccc3C2=O)CC1. The Hall–Kier alpha value is -2.50. The molecule has 0 saturated carbocycles. The van der Waals surface area contributed by atoms with E-state index < -0.39 is 0 Å². The van der Waals surface area contributed by atoms with Gasteiger partial charge in [0.05, 0.1) is 11.1 Å². The maximum atomic E-state index is 12.4. The molecule has 27 heavy (non-hydrogen) atoms. The lowest BCUT2D eigenvalue weighted by molar-refractivity contribution is 0.0612. The van der Waals surface area contributed by atoms with Gasteiger partial charge in [0.25, 0.3) is 11.8 Å². The number of benzene rings is 2. The molecule has 2 aromatic carbocycles. The number of carbonyl (C=O) groups is 2. The summed E-state index contributed by atoms with van der Waals surface area (Å²) in [4.78, 5) is 31.1. The lowest BCUT2D eigenvalue weighted by Crippen LogP contribution is -2.48. The number of aryl methyl sites for hydroxylation is 1. The highest BCUT2D eigenvalue weighted by molar-refractivity contribution is 6.21. The fraction of sp³-hybridized carbons (Fsp3) is 0.364. The van der Waals surface area contributed by atoms with Crippen LogP contribution in [0.4, 0.5) is 0 Å². The van der Waals surface area contributed by atoms with Gasteiger partial charge in [0.1, 0.15) is 0 Å². The molecule has 2 heterocycles. The number of piperazine rings is 1. The van der Waals surface area contributed by atoms with Gasteiger partial charge in [-0.1, -0.05) is 36.4 Å². The van der Waals surface area contributed by atoms with E-state index in [1.54, 1.807) is 24.3 Å². The predicted molar refractivity (Wildman–Crippen MR) is 105 cm³/mol. The molecule has 2 aliphatic rings. The fourth-order valence-corrected chi connectivity index (χ4v) is 3.88. The molecule has 0 N–H and O–H groups in total. The van der Waals surface area contributed by atoms with Crippen molar-refractivity contribution in [2.24, 2.45) is 0 Å². The Bertz CT molecular complexity index is 821. The molecule has 2 aliphatic heterocycles. The molecule has 1 fully saturated rings. The summed E-state index contributed by atoms with van der Waals surface area (Å²) >= 11 is 0. The van der Waals surface area contributed by atoms with Gasteiger partial charge < -0.3 is 0 Å². The van der Waals surface area contributed by atoms with Crippen molar-refractivity contribution < 1.29 is 9.59 Å². The molecular formula is C22H25N3O2. The molecular weight excluding hydrogens is 338 g/mol. The van der Waals surface area contributed by atoms with Crippen molar-refractivity contribution in [1.82, 2.24) is 14.7 Å². The van der Waals surface area contributed by atoms with Crippen LogP contribution in [0.3, 0.4) is 0 Å². The van der Waals surface area contributed by atoms with E-state index in [9.17, 15) is 9.59 Å². The topological polar surface area (TPSA) is 43.9 Å². The van der Waals surface area contributed by atoms with Gasteiger partial charge in [0.2, 0.25) is 0 Å². The molecule has 2 amide bonds. The van der Waals surface area contributed by atoms with Crippen LogP contribution >= 0.6 is 0 Å². The third-order valence-corrected chi connectivity index (χ3v) is 5.64. The van der Waals surface area contributed by atoms with Gasteiger partial charge in [-0.2, -0.15) is 0 Å². The average Bonchev–Trinajstić information content (AvgIpc) is 2.94. The van der Waals surface area contributed by atoms with E-state index in [1.807, 2.05) is 0 Å². The van der Waals surface area contributed by atoms with Crippen LogP contribution in [0, 0.1) is 6.92 Å². The number of carbonyl (C=O) groups excluding carboxylic acids is 2. The standard InChI is InChI=1S/C22H25N3O2/c1-17-6-2-3-7-18(17)16-24-12-10-23(11-13-24)14-15-25-21(26)19-8-4-5-9-20(19)22(25)27/h2-9H,10-16H2,1H3. The summed E-state index contributed by atoms with van der Waals surface area (Å²) in [6, 6.07) is 15.6. The lowest BCUT2D eigenvalue weighted by atomic mass is 10.1. The molecule has 0 radical (unpaired) electrons. The maximum absolute atomic E-state index is 12.4. The monoisotopic (exact) mass is 363 g/mol. The zero-order chi connectivity index (χ0) is 18.8. The second kappa shape index (κ2) is 7.62. The van der Waals surface area contributed by atoms with Crippen molar-refractivity contribution in [3.63, 3.8) is 0 Å². The largest absolute Gasteiger partial charge is 0.299 e. The summed E-state index contributed by atoms with van der Waals surface area (Å²) in [5.74, 6) is -0.317. The van der Waals surface area contributed by atoms with E-state index in [2.05, 4.69) is 41.0 Å². The van der Waals surface area contributed by atoms with E-state index in [1.165, 1.54) is 16.0 Å². The number of hydrogen-bond acceptors (Lipinski definition) is 4. The maximum Gasteiger partial charge on any atom is 0.261 e. The zero-order valence-electron chi connectivity index (χ0n) is 15.7. The van der Waals surface area contributed by atoms with Gasteiger partial charge in [-0.15, -0.1) is 0 Å². The minimum absolute atomic E-state index is 0.159. The molecule has 140 valence electrons. The van der Waals surface area contributed by atoms with E-state index in [0.717, 1.165) is 39.3 Å². The third-order valence-electron chi connectivity index (χ3n) is 5.64. The van der Waals surface area contributed by atoms with Crippen LogP contribution in [0.1, 0.15) is 31.8 Å². The minimum atomic E-state index is -0.159. The van der Waals surface area contributed by atoms with Crippen LogP contribution in [0.2, 0.25) is 0 Å². The first kappa shape index (κ1) is 17.9. The number of imide groups is 1. The summed E-state index contributed by atoms with van der Waals surface area (Å²) in [5, 5.41) is 0. The second-order valence-corrected chi connectivity index (χ2v) is 7.35. The Morgan fingerprint density at radius 3 is 1.93 bits per heavy atom. The molecule has 1 saturated heterocycles. The Kier molecular flexibility index (Phi) is 5.05. The molecule has 2 aromatic rings. The molecule has 0 bridgehead atoms. The Balaban J connectivity index is 1.28. The van der Waals surface area contributed by atoms with Crippen molar-refractivity contribution >= 4 is 11.8 Å². The van der Waals surface area contributed by atoms with Crippen molar-refractivity contribution in [2.75, 3.05) is 39.3 Å². The number of nitrogens with zero attached hydrogens (tertiary/aromatic N) is 3. The van der Waals surface area contributed by atoms with Gasteiger partial charge in [-0.3, -0.25) is 24.3 Å². The number of fused-ring (bicyclic) bond motifs is 1. The first-order valence-corrected chi connectivity index (χ1v) is 9.58. The molecule has 0 atom stereocenters. The third kappa shape index (κ3) is 3.66. The molecule has 4 rings (SSSR count). The smallest absolute Gasteiger partial charge is 0.261 e. The summed E-state index contributed by atoms with van der Waals surface area (Å²) in [5.41, 5.74) is 3.79. The minimum Gasteiger partial charge on any atom is -0.299 e. The average molecular weight is 363 g/mol. The van der Waals surface area contributed by atoms with Crippen LogP contribution in [0.5, 0.6) is 0 Å². The highest BCUT2D eigenvalue weighted by Crippen LogP contribution is 2.22. The van der Waals surface area contributed by atoms with Crippen LogP contribution in [0.25, 0.3) is 0 Å². The highest BCUT2D eigenvalue weighted by Gasteiger charge is 2.35. The first-order valence-electron chi connectivity index (χ1n) is 9.58. The van der Waals surface area contributed by atoms with E-state index in [-0.39, 0.29) is 11.8 Å². The van der Waals surface area contributed by atoms with Crippen molar-refractivity contribution in [3.8, 4) is 0 Å². The van der Waals surface area contributed by atoms with Crippen molar-refractivity contribution in [2.45, 2.75) is 13.5 Å². The number of amides is 2.